The summed E-state index contributed by atoms with van der Waals surface area (Å²) in [5.41, 5.74) is 9.11. The lowest BCUT2D eigenvalue weighted by Gasteiger charge is -2.38. The number of hydrogen-bond acceptors (Lipinski definition) is 4. The third kappa shape index (κ3) is 3.12. The number of nitrogens with one attached hydrogen (secondary N) is 1. The monoisotopic (exact) mass is 350 g/mol. The molecular formula is C21H26N4O. The molecular weight excluding hydrogens is 324 g/mol. The van der Waals surface area contributed by atoms with Crippen LogP contribution in [0.15, 0.2) is 30.5 Å². The molecule has 2 aliphatic rings. The third-order valence-electron chi connectivity index (χ3n) is 5.82. The van der Waals surface area contributed by atoms with Crippen LogP contribution < -0.4 is 5.73 Å². The van der Waals surface area contributed by atoms with Crippen LogP contribution in [0.1, 0.15) is 43.2 Å². The van der Waals surface area contributed by atoms with Gasteiger partial charge in [-0.2, -0.15) is 0 Å². The van der Waals surface area contributed by atoms with Crippen molar-refractivity contribution in [3.8, 4) is 0 Å². The van der Waals surface area contributed by atoms with Gasteiger partial charge in [-0.1, -0.05) is 25.1 Å². The van der Waals surface area contributed by atoms with Crippen molar-refractivity contribution in [2.45, 2.75) is 38.1 Å². The zero-order valence-electron chi connectivity index (χ0n) is 15.2. The van der Waals surface area contributed by atoms with Crippen LogP contribution >= 0.6 is 0 Å². The van der Waals surface area contributed by atoms with E-state index in [-0.39, 0.29) is 17.9 Å². The van der Waals surface area contributed by atoms with Gasteiger partial charge < -0.3 is 16.0 Å². The zero-order chi connectivity index (χ0) is 18.3. The van der Waals surface area contributed by atoms with Gasteiger partial charge in [0.1, 0.15) is 0 Å². The Balaban J connectivity index is 1.65. The minimum Gasteiger partial charge on any atom is -0.340 e. The molecule has 1 aromatic carbocycles. The minimum absolute atomic E-state index is 0.114. The number of rotatable bonds is 4. The summed E-state index contributed by atoms with van der Waals surface area (Å²) in [5.74, 6) is 1.22. The Bertz CT molecular complexity index is 845. The van der Waals surface area contributed by atoms with Crippen molar-refractivity contribution in [1.29, 1.82) is 5.41 Å². The average molecular weight is 350 g/mol. The van der Waals surface area contributed by atoms with Gasteiger partial charge in [-0.3, -0.25) is 9.78 Å². The van der Waals surface area contributed by atoms with E-state index in [9.17, 15) is 4.79 Å². The molecule has 5 nitrogen and oxygen atoms in total. The first-order chi connectivity index (χ1) is 12.6. The third-order valence-corrected chi connectivity index (χ3v) is 5.82. The average Bonchev–Trinajstić information content (AvgIpc) is 3.50. The summed E-state index contributed by atoms with van der Waals surface area (Å²) in [6.07, 6.45) is 6.35. The molecule has 1 aromatic heterocycles. The highest BCUT2D eigenvalue weighted by Crippen LogP contribution is 2.37. The highest BCUT2D eigenvalue weighted by atomic mass is 16.2. The Morgan fingerprint density at radius 1 is 1.35 bits per heavy atom. The first-order valence-corrected chi connectivity index (χ1v) is 9.51. The predicted octanol–water partition coefficient (Wildman–Crippen LogP) is 2.92. The van der Waals surface area contributed by atoms with Crippen molar-refractivity contribution in [3.05, 3.63) is 41.6 Å². The Morgan fingerprint density at radius 2 is 2.15 bits per heavy atom. The quantitative estimate of drug-likeness (QED) is 0.832. The van der Waals surface area contributed by atoms with Gasteiger partial charge in [0.05, 0.1) is 11.6 Å². The molecule has 1 saturated carbocycles. The number of aromatic nitrogens is 1. The summed E-state index contributed by atoms with van der Waals surface area (Å²) >= 11 is 0. The van der Waals surface area contributed by atoms with Gasteiger partial charge in [0, 0.05) is 42.4 Å². The topological polar surface area (TPSA) is 83.1 Å². The number of nitrogens with zero attached hydrogens (tertiary/aromatic N) is 2. The SMILES string of the molecule is C[C@@H]1C[C@@H](c2ccc(C=N)c3ncccc23)CN(C(=O)[C@@H](N)C2CC2)C1. The van der Waals surface area contributed by atoms with E-state index in [0.717, 1.165) is 48.8 Å². The number of fused-ring (bicyclic) bond motifs is 1. The summed E-state index contributed by atoms with van der Waals surface area (Å²) in [4.78, 5) is 19.3. The number of amides is 1. The Labute approximate surface area is 154 Å². The van der Waals surface area contributed by atoms with Gasteiger partial charge in [-0.15, -0.1) is 0 Å². The van der Waals surface area contributed by atoms with Crippen LogP contribution in [0.4, 0.5) is 0 Å². The van der Waals surface area contributed by atoms with Crippen LogP contribution in [0.25, 0.3) is 10.9 Å². The second-order valence-electron chi connectivity index (χ2n) is 7.93. The molecule has 3 atom stereocenters. The maximum absolute atomic E-state index is 12.8. The van der Waals surface area contributed by atoms with E-state index in [2.05, 4.69) is 24.0 Å². The van der Waals surface area contributed by atoms with Gasteiger partial charge in [0.25, 0.3) is 0 Å². The van der Waals surface area contributed by atoms with Gasteiger partial charge >= 0.3 is 0 Å². The molecule has 1 aliphatic carbocycles. The Kier molecular flexibility index (Phi) is 4.49. The molecule has 0 spiro atoms. The fraction of sp³-hybridized carbons (Fsp3) is 0.476. The molecule has 3 N–H and O–H groups in total. The molecule has 4 rings (SSSR count). The molecule has 5 heteroatoms. The fourth-order valence-corrected chi connectivity index (χ4v) is 4.31. The van der Waals surface area contributed by atoms with Crippen LogP contribution in [0.3, 0.4) is 0 Å². The Morgan fingerprint density at radius 3 is 2.88 bits per heavy atom. The van der Waals surface area contributed by atoms with Gasteiger partial charge in [-0.05, 0) is 42.7 Å². The number of carbonyl (C=O) groups is 1. The number of hydrogen-bond donors (Lipinski definition) is 2. The predicted molar refractivity (Wildman–Crippen MR) is 103 cm³/mol. The number of benzene rings is 1. The lowest BCUT2D eigenvalue weighted by Crippen LogP contribution is -2.50. The summed E-state index contributed by atoms with van der Waals surface area (Å²) in [7, 11) is 0. The van der Waals surface area contributed by atoms with Crippen molar-refractivity contribution < 1.29 is 4.79 Å². The Hall–Kier alpha value is -2.27. The number of piperidine rings is 1. The molecule has 2 heterocycles. The molecule has 1 saturated heterocycles. The number of carbonyl (C=O) groups excluding carboxylic acids is 1. The fourth-order valence-electron chi connectivity index (χ4n) is 4.31. The zero-order valence-corrected chi connectivity index (χ0v) is 15.2. The van der Waals surface area contributed by atoms with Crippen LogP contribution in [-0.2, 0) is 4.79 Å². The van der Waals surface area contributed by atoms with Crippen molar-refractivity contribution >= 4 is 23.0 Å². The smallest absolute Gasteiger partial charge is 0.239 e. The van der Waals surface area contributed by atoms with Crippen LogP contribution in [-0.4, -0.2) is 41.1 Å². The number of likely N-dealkylation sites (tertiary alicyclic amines) is 1. The molecule has 26 heavy (non-hydrogen) atoms. The first-order valence-electron chi connectivity index (χ1n) is 9.51. The first kappa shape index (κ1) is 17.2. The molecule has 0 radical (unpaired) electrons. The normalized spacial score (nSPS) is 24.5. The maximum Gasteiger partial charge on any atom is 0.239 e. The van der Waals surface area contributed by atoms with E-state index in [1.807, 2.05) is 17.0 Å². The summed E-state index contributed by atoms with van der Waals surface area (Å²) in [6.45, 7) is 3.73. The molecule has 136 valence electrons. The highest BCUT2D eigenvalue weighted by Gasteiger charge is 2.38. The minimum atomic E-state index is -0.334. The van der Waals surface area contributed by atoms with Crippen molar-refractivity contribution in [2.75, 3.05) is 13.1 Å². The van der Waals surface area contributed by atoms with Crippen LogP contribution in [0.5, 0.6) is 0 Å². The summed E-state index contributed by atoms with van der Waals surface area (Å²) in [5, 5.41) is 8.71. The van der Waals surface area contributed by atoms with E-state index >= 15 is 0 Å². The van der Waals surface area contributed by atoms with Crippen molar-refractivity contribution in [3.63, 3.8) is 0 Å². The standard InChI is InChI=1S/C21H26N4O/c1-13-9-16(12-25(11-13)21(26)19(23)14-4-5-14)17-7-6-15(10-22)20-18(17)3-2-8-24-20/h2-3,6-8,10,13-14,16,19,22H,4-5,9,11-12,23H2,1H3/t13-,16-,19+/m1/s1. The van der Waals surface area contributed by atoms with E-state index in [1.165, 1.54) is 11.8 Å². The largest absolute Gasteiger partial charge is 0.340 e. The van der Waals surface area contributed by atoms with E-state index < -0.39 is 0 Å². The van der Waals surface area contributed by atoms with E-state index in [4.69, 9.17) is 11.1 Å². The van der Waals surface area contributed by atoms with Crippen molar-refractivity contribution in [2.24, 2.45) is 17.6 Å². The summed E-state index contributed by atoms with van der Waals surface area (Å²) in [6, 6.07) is 7.76. The second kappa shape index (κ2) is 6.80. The number of pyridine rings is 1. The molecule has 0 bridgehead atoms. The lowest BCUT2D eigenvalue weighted by atomic mass is 9.83. The molecule has 0 unspecified atom stereocenters. The molecule has 1 aliphatic heterocycles. The second-order valence-corrected chi connectivity index (χ2v) is 7.93. The van der Waals surface area contributed by atoms with E-state index in [0.29, 0.717) is 11.8 Å². The number of nitrogens with two attached hydrogens (primary N) is 1. The maximum atomic E-state index is 12.8. The highest BCUT2D eigenvalue weighted by molar-refractivity contribution is 5.98. The van der Waals surface area contributed by atoms with E-state index in [1.54, 1.807) is 6.20 Å². The van der Waals surface area contributed by atoms with Crippen molar-refractivity contribution in [1.82, 2.24) is 9.88 Å². The van der Waals surface area contributed by atoms with Gasteiger partial charge in [0.2, 0.25) is 5.91 Å². The molecule has 2 aromatic rings. The molecule has 2 fully saturated rings. The summed E-state index contributed by atoms with van der Waals surface area (Å²) < 4.78 is 0. The lowest BCUT2D eigenvalue weighted by molar-refractivity contribution is -0.135. The van der Waals surface area contributed by atoms with Crippen LogP contribution in [0, 0.1) is 17.2 Å². The van der Waals surface area contributed by atoms with Gasteiger partial charge in [-0.25, -0.2) is 0 Å². The van der Waals surface area contributed by atoms with Crippen LogP contribution in [0.2, 0.25) is 0 Å². The van der Waals surface area contributed by atoms with Gasteiger partial charge in [0.15, 0.2) is 0 Å². The molecule has 1 amide bonds.